The molecule has 0 aliphatic carbocycles. The van der Waals surface area contributed by atoms with Gasteiger partial charge in [-0.2, -0.15) is 0 Å². The molecule has 0 radical (unpaired) electrons. The SMILES string of the molecule is CC(C)C(CCCCCCCCCCCCCC(=O)O)CCC(=O)O.Cl.Cl. The van der Waals surface area contributed by atoms with E-state index in [1.807, 2.05) is 0 Å². The fourth-order valence-corrected chi connectivity index (χ4v) is 3.39. The maximum absolute atomic E-state index is 10.7. The lowest BCUT2D eigenvalue weighted by Gasteiger charge is -2.19. The smallest absolute Gasteiger partial charge is 0.303 e. The fraction of sp³-hybridized carbons (Fsp3) is 0.905. The van der Waals surface area contributed by atoms with Crippen molar-refractivity contribution in [3.05, 3.63) is 0 Å². The Kier molecular flexibility index (Phi) is 25.2. The number of aliphatic carboxylic acids is 2. The van der Waals surface area contributed by atoms with Crippen LogP contribution in [-0.2, 0) is 9.59 Å². The summed E-state index contributed by atoms with van der Waals surface area (Å²) in [4.78, 5) is 21.1. The highest BCUT2D eigenvalue weighted by atomic mass is 35.5. The number of carbonyl (C=O) groups is 2. The standard InChI is InChI=1S/C21H40O4.2ClH/c1-18(2)19(16-17-21(24)25)14-12-10-8-6-4-3-5-7-9-11-13-15-20(22)23;;/h18-19H,3-17H2,1-2H3,(H,22,23)(H,24,25);2*1H. The second kappa shape index (κ2) is 21.8. The summed E-state index contributed by atoms with van der Waals surface area (Å²) in [6.07, 6.45) is 15.9. The normalized spacial score (nSPS) is 11.5. The molecule has 6 heteroatoms. The highest BCUT2D eigenvalue weighted by Crippen LogP contribution is 2.24. The van der Waals surface area contributed by atoms with E-state index in [4.69, 9.17) is 10.2 Å². The van der Waals surface area contributed by atoms with E-state index >= 15 is 0 Å². The molecule has 0 saturated heterocycles. The summed E-state index contributed by atoms with van der Waals surface area (Å²) in [6.45, 7) is 4.41. The Morgan fingerprint density at radius 3 is 1.33 bits per heavy atom. The Bertz CT molecular complexity index is 349. The maximum Gasteiger partial charge on any atom is 0.303 e. The van der Waals surface area contributed by atoms with Crippen molar-refractivity contribution in [3.8, 4) is 0 Å². The molecule has 4 nitrogen and oxygen atoms in total. The molecule has 0 bridgehead atoms. The Balaban J connectivity index is -0.00000288. The van der Waals surface area contributed by atoms with Gasteiger partial charge in [-0.3, -0.25) is 9.59 Å². The van der Waals surface area contributed by atoms with Crippen LogP contribution in [0.25, 0.3) is 0 Å². The average Bonchev–Trinajstić information content (AvgIpc) is 2.53. The number of hydrogen-bond donors (Lipinski definition) is 2. The first kappa shape index (κ1) is 31.2. The van der Waals surface area contributed by atoms with Crippen molar-refractivity contribution in [2.75, 3.05) is 0 Å². The fourth-order valence-electron chi connectivity index (χ4n) is 3.39. The van der Waals surface area contributed by atoms with Crippen LogP contribution < -0.4 is 0 Å². The average molecular weight is 429 g/mol. The molecular weight excluding hydrogens is 387 g/mol. The molecule has 0 aromatic heterocycles. The van der Waals surface area contributed by atoms with Gasteiger partial charge in [0.1, 0.15) is 0 Å². The number of carboxylic acids is 2. The lowest BCUT2D eigenvalue weighted by molar-refractivity contribution is -0.138. The lowest BCUT2D eigenvalue weighted by atomic mass is 9.86. The minimum Gasteiger partial charge on any atom is -0.481 e. The molecule has 0 heterocycles. The predicted octanol–water partition coefficient (Wildman–Crippen LogP) is 7.12. The molecule has 0 amide bonds. The van der Waals surface area contributed by atoms with Gasteiger partial charge in [0.05, 0.1) is 0 Å². The summed E-state index contributed by atoms with van der Waals surface area (Å²) in [5, 5.41) is 17.4. The van der Waals surface area contributed by atoms with Gasteiger partial charge >= 0.3 is 11.9 Å². The van der Waals surface area contributed by atoms with Crippen LogP contribution in [0.15, 0.2) is 0 Å². The summed E-state index contributed by atoms with van der Waals surface area (Å²) in [5.41, 5.74) is 0. The molecule has 0 aromatic carbocycles. The molecule has 0 aliphatic heterocycles. The van der Waals surface area contributed by atoms with Crippen LogP contribution in [0.2, 0.25) is 0 Å². The summed E-state index contributed by atoms with van der Waals surface area (Å²) < 4.78 is 0. The van der Waals surface area contributed by atoms with E-state index in [9.17, 15) is 9.59 Å². The molecule has 27 heavy (non-hydrogen) atoms. The molecule has 0 saturated carbocycles. The van der Waals surface area contributed by atoms with Crippen LogP contribution in [0, 0.1) is 11.8 Å². The Hall–Kier alpha value is -0.480. The second-order valence-electron chi connectivity index (χ2n) is 7.76. The minimum absolute atomic E-state index is 0. The molecule has 0 fully saturated rings. The largest absolute Gasteiger partial charge is 0.481 e. The van der Waals surface area contributed by atoms with Crippen molar-refractivity contribution in [3.63, 3.8) is 0 Å². The Morgan fingerprint density at radius 2 is 0.963 bits per heavy atom. The molecule has 0 rings (SSSR count). The second-order valence-corrected chi connectivity index (χ2v) is 7.76. The molecule has 0 aliphatic rings. The maximum atomic E-state index is 10.7. The first-order valence-electron chi connectivity index (χ1n) is 10.4. The van der Waals surface area contributed by atoms with Crippen molar-refractivity contribution < 1.29 is 19.8 Å². The van der Waals surface area contributed by atoms with Crippen molar-refractivity contribution >= 4 is 36.8 Å². The summed E-state index contributed by atoms with van der Waals surface area (Å²) in [6, 6.07) is 0. The van der Waals surface area contributed by atoms with Crippen LogP contribution in [0.5, 0.6) is 0 Å². The van der Waals surface area contributed by atoms with Crippen LogP contribution in [0.1, 0.15) is 110 Å². The topological polar surface area (TPSA) is 74.6 Å². The van der Waals surface area contributed by atoms with E-state index in [1.165, 1.54) is 64.2 Å². The van der Waals surface area contributed by atoms with E-state index in [-0.39, 0.29) is 24.8 Å². The van der Waals surface area contributed by atoms with Crippen LogP contribution in [0.3, 0.4) is 0 Å². The minimum atomic E-state index is -0.679. The third-order valence-corrected chi connectivity index (χ3v) is 5.14. The van der Waals surface area contributed by atoms with Crippen LogP contribution in [-0.4, -0.2) is 22.2 Å². The molecule has 2 N–H and O–H groups in total. The molecule has 1 atom stereocenters. The summed E-state index contributed by atoms with van der Waals surface area (Å²) in [7, 11) is 0. The molecule has 0 aromatic rings. The van der Waals surface area contributed by atoms with E-state index in [1.54, 1.807) is 0 Å². The highest BCUT2D eigenvalue weighted by Gasteiger charge is 2.14. The van der Waals surface area contributed by atoms with E-state index in [2.05, 4.69) is 13.8 Å². The molecule has 0 spiro atoms. The zero-order valence-electron chi connectivity index (χ0n) is 17.3. The summed E-state index contributed by atoms with van der Waals surface area (Å²) >= 11 is 0. The van der Waals surface area contributed by atoms with Crippen molar-refractivity contribution in [2.45, 2.75) is 110 Å². The first-order chi connectivity index (χ1) is 11.9. The van der Waals surface area contributed by atoms with Crippen LogP contribution in [0.4, 0.5) is 0 Å². The monoisotopic (exact) mass is 428 g/mol. The first-order valence-corrected chi connectivity index (χ1v) is 10.4. The van der Waals surface area contributed by atoms with Gasteiger partial charge < -0.3 is 10.2 Å². The van der Waals surface area contributed by atoms with Crippen molar-refractivity contribution in [1.82, 2.24) is 0 Å². The van der Waals surface area contributed by atoms with Gasteiger partial charge in [0.15, 0.2) is 0 Å². The number of carboxylic acid groups (broad SMARTS) is 2. The lowest BCUT2D eigenvalue weighted by Crippen LogP contribution is -2.11. The van der Waals surface area contributed by atoms with Crippen LogP contribution >= 0.6 is 24.8 Å². The molecule has 1 unspecified atom stereocenters. The highest BCUT2D eigenvalue weighted by molar-refractivity contribution is 5.85. The molecular formula is C21H42Cl2O4. The zero-order valence-corrected chi connectivity index (χ0v) is 18.9. The van der Waals surface area contributed by atoms with E-state index in [0.717, 1.165) is 19.3 Å². The predicted molar refractivity (Wildman–Crippen MR) is 117 cm³/mol. The Morgan fingerprint density at radius 1 is 0.593 bits per heavy atom. The third-order valence-electron chi connectivity index (χ3n) is 5.14. The quantitative estimate of drug-likeness (QED) is 0.227. The van der Waals surface area contributed by atoms with Gasteiger partial charge in [0.25, 0.3) is 0 Å². The van der Waals surface area contributed by atoms with Crippen molar-refractivity contribution in [2.24, 2.45) is 11.8 Å². The van der Waals surface area contributed by atoms with Gasteiger partial charge in [0.2, 0.25) is 0 Å². The van der Waals surface area contributed by atoms with Gasteiger partial charge in [-0.05, 0) is 24.7 Å². The number of unbranched alkanes of at least 4 members (excludes halogenated alkanes) is 10. The summed E-state index contributed by atoms with van der Waals surface area (Å²) in [5.74, 6) is -0.221. The van der Waals surface area contributed by atoms with E-state index in [0.29, 0.717) is 24.7 Å². The number of rotatable bonds is 18. The number of halogens is 2. The van der Waals surface area contributed by atoms with Gasteiger partial charge in [-0.25, -0.2) is 0 Å². The molecule has 164 valence electrons. The van der Waals surface area contributed by atoms with Crippen molar-refractivity contribution in [1.29, 1.82) is 0 Å². The van der Waals surface area contributed by atoms with Gasteiger partial charge in [-0.15, -0.1) is 24.8 Å². The van der Waals surface area contributed by atoms with E-state index < -0.39 is 11.9 Å². The zero-order chi connectivity index (χ0) is 18.9. The Labute approximate surface area is 178 Å². The number of hydrogen-bond acceptors (Lipinski definition) is 2. The van der Waals surface area contributed by atoms with Gasteiger partial charge in [0, 0.05) is 12.8 Å². The third kappa shape index (κ3) is 23.5. The van der Waals surface area contributed by atoms with Gasteiger partial charge in [-0.1, -0.05) is 84.5 Å².